The van der Waals surface area contributed by atoms with Gasteiger partial charge in [-0.3, -0.25) is 9.82 Å². The highest BCUT2D eigenvalue weighted by molar-refractivity contribution is 7.93. The summed E-state index contributed by atoms with van der Waals surface area (Å²) in [5.41, 5.74) is 1.18. The average molecular weight is 436 g/mol. The minimum Gasteiger partial charge on any atom is -0.611 e. The lowest BCUT2D eigenvalue weighted by Gasteiger charge is -2.14. The monoisotopic (exact) mass is 435 g/mol. The standard InChI is InChI=1S/C18H14ClN3O4S2/c19-13-5-6-17(27(23)11-14-7-8-20-21-14)15(10-13)22-28(24,25)18-9-12-3-1-2-4-16(12)26-18/h1-10,22H,11H2,(H,20,21). The Labute approximate surface area is 168 Å². The maximum Gasteiger partial charge on any atom is 0.295 e. The Bertz CT molecular complexity index is 1190. The molecule has 0 aliphatic carbocycles. The largest absolute Gasteiger partial charge is 0.611 e. The molecule has 0 fully saturated rings. The molecule has 1 unspecified atom stereocenters. The highest BCUT2D eigenvalue weighted by Crippen LogP contribution is 2.31. The SMILES string of the molecule is O=S(=O)(Nc1cc(Cl)ccc1[S+]([O-])Cc1cc[nH]n1)c1cc2ccccc2o1. The van der Waals surface area contributed by atoms with Crippen molar-refractivity contribution in [1.29, 1.82) is 0 Å². The van der Waals surface area contributed by atoms with Crippen molar-refractivity contribution in [2.75, 3.05) is 4.72 Å². The quantitative estimate of drug-likeness (QED) is 0.446. The second kappa shape index (κ2) is 7.51. The molecule has 10 heteroatoms. The summed E-state index contributed by atoms with van der Waals surface area (Å²) in [6.45, 7) is 0. The second-order valence-electron chi connectivity index (χ2n) is 5.90. The van der Waals surface area contributed by atoms with Crippen molar-refractivity contribution < 1.29 is 17.4 Å². The number of nitrogens with one attached hydrogen (secondary N) is 2. The third-order valence-corrected chi connectivity index (χ3v) is 6.80. The molecule has 28 heavy (non-hydrogen) atoms. The van der Waals surface area contributed by atoms with Gasteiger partial charge in [0, 0.05) is 22.7 Å². The van der Waals surface area contributed by atoms with Crippen molar-refractivity contribution in [3.63, 3.8) is 0 Å². The van der Waals surface area contributed by atoms with E-state index in [-0.39, 0.29) is 16.5 Å². The number of benzene rings is 2. The number of fused-ring (bicyclic) bond motifs is 1. The van der Waals surface area contributed by atoms with Crippen LogP contribution in [0, 0.1) is 0 Å². The lowest BCUT2D eigenvalue weighted by Crippen LogP contribution is -2.16. The summed E-state index contributed by atoms with van der Waals surface area (Å²) >= 11 is 4.49. The molecule has 7 nitrogen and oxygen atoms in total. The van der Waals surface area contributed by atoms with Crippen LogP contribution in [0.4, 0.5) is 5.69 Å². The lowest BCUT2D eigenvalue weighted by atomic mass is 10.3. The van der Waals surface area contributed by atoms with E-state index >= 15 is 0 Å². The molecule has 2 N–H and O–H groups in total. The fourth-order valence-corrected chi connectivity index (χ4v) is 5.09. The van der Waals surface area contributed by atoms with Crippen LogP contribution in [0.3, 0.4) is 0 Å². The third-order valence-electron chi connectivity index (χ3n) is 3.94. The molecule has 0 saturated carbocycles. The predicted molar refractivity (Wildman–Crippen MR) is 107 cm³/mol. The number of nitrogens with zero attached hydrogens (tertiary/aromatic N) is 1. The molecule has 0 spiro atoms. The molecule has 0 bridgehead atoms. The Kier molecular flexibility index (Phi) is 5.07. The highest BCUT2D eigenvalue weighted by atomic mass is 35.5. The lowest BCUT2D eigenvalue weighted by molar-refractivity contribution is 0.484. The average Bonchev–Trinajstić information content (AvgIpc) is 3.30. The summed E-state index contributed by atoms with van der Waals surface area (Å²) in [6.07, 6.45) is 1.62. The normalized spacial score (nSPS) is 12.9. The van der Waals surface area contributed by atoms with Gasteiger partial charge in [-0.25, -0.2) is 0 Å². The van der Waals surface area contributed by atoms with E-state index in [1.54, 1.807) is 42.6 Å². The summed E-state index contributed by atoms with van der Waals surface area (Å²) in [4.78, 5) is 0.298. The fourth-order valence-electron chi connectivity index (χ4n) is 2.65. The smallest absolute Gasteiger partial charge is 0.295 e. The number of aromatic amines is 1. The minimum atomic E-state index is -4.04. The first-order chi connectivity index (χ1) is 13.4. The van der Waals surface area contributed by atoms with Gasteiger partial charge >= 0.3 is 0 Å². The van der Waals surface area contributed by atoms with Gasteiger partial charge in [0.2, 0.25) is 5.09 Å². The van der Waals surface area contributed by atoms with Crippen LogP contribution in [0.15, 0.2) is 75.2 Å². The van der Waals surface area contributed by atoms with Gasteiger partial charge < -0.3 is 8.97 Å². The van der Waals surface area contributed by atoms with Gasteiger partial charge in [0.05, 0.1) is 0 Å². The van der Waals surface area contributed by atoms with Crippen LogP contribution < -0.4 is 4.72 Å². The Balaban J connectivity index is 1.67. The van der Waals surface area contributed by atoms with Gasteiger partial charge in [-0.1, -0.05) is 29.8 Å². The molecule has 2 heterocycles. The zero-order valence-corrected chi connectivity index (χ0v) is 16.6. The van der Waals surface area contributed by atoms with Crippen LogP contribution in [0.25, 0.3) is 11.0 Å². The molecule has 4 aromatic rings. The molecule has 0 aliphatic heterocycles. The maximum absolute atomic E-state index is 12.8. The first kappa shape index (κ1) is 18.9. The van der Waals surface area contributed by atoms with E-state index < -0.39 is 21.2 Å². The van der Waals surface area contributed by atoms with E-state index in [9.17, 15) is 13.0 Å². The van der Waals surface area contributed by atoms with Crippen LogP contribution in [-0.2, 0) is 27.0 Å². The van der Waals surface area contributed by atoms with Crippen molar-refractivity contribution in [3.8, 4) is 0 Å². The van der Waals surface area contributed by atoms with Gasteiger partial charge in [-0.05, 0) is 41.5 Å². The van der Waals surface area contributed by atoms with Crippen molar-refractivity contribution >= 4 is 49.5 Å². The van der Waals surface area contributed by atoms with Gasteiger partial charge in [0.25, 0.3) is 10.0 Å². The zero-order chi connectivity index (χ0) is 19.7. The molecule has 0 aliphatic rings. The molecule has 0 radical (unpaired) electrons. The van der Waals surface area contributed by atoms with E-state index in [0.29, 0.717) is 26.6 Å². The maximum atomic E-state index is 12.8. The first-order valence-electron chi connectivity index (χ1n) is 8.10. The summed E-state index contributed by atoms with van der Waals surface area (Å²) in [5.74, 6) is 0.129. The van der Waals surface area contributed by atoms with Crippen molar-refractivity contribution in [1.82, 2.24) is 10.2 Å². The minimum absolute atomic E-state index is 0.127. The summed E-state index contributed by atoms with van der Waals surface area (Å²) in [5, 5.41) is 7.36. The van der Waals surface area contributed by atoms with Gasteiger partial charge in [0.1, 0.15) is 17.0 Å². The molecule has 2 aromatic carbocycles. The topological polar surface area (TPSA) is 111 Å². The number of furan rings is 1. The first-order valence-corrected chi connectivity index (χ1v) is 11.3. The summed E-state index contributed by atoms with van der Waals surface area (Å²) in [6, 6.07) is 14.6. The van der Waals surface area contributed by atoms with Crippen LogP contribution >= 0.6 is 11.6 Å². The summed E-state index contributed by atoms with van der Waals surface area (Å²) < 4.78 is 46.3. The zero-order valence-electron chi connectivity index (χ0n) is 14.3. The van der Waals surface area contributed by atoms with Crippen molar-refractivity contribution in [3.05, 3.63) is 71.5 Å². The third kappa shape index (κ3) is 3.88. The number of anilines is 1. The van der Waals surface area contributed by atoms with Crippen LogP contribution in [-0.4, -0.2) is 23.2 Å². The number of hydrogen-bond donors (Lipinski definition) is 2. The fraction of sp³-hybridized carbons (Fsp3) is 0.0556. The second-order valence-corrected chi connectivity index (χ2v) is 9.37. The Hall–Kier alpha value is -2.46. The van der Waals surface area contributed by atoms with E-state index in [2.05, 4.69) is 14.9 Å². The number of aromatic nitrogens is 2. The van der Waals surface area contributed by atoms with Crippen LogP contribution in [0.1, 0.15) is 5.69 Å². The van der Waals surface area contributed by atoms with E-state index in [1.807, 2.05) is 0 Å². The Morgan fingerprint density at radius 1 is 1.18 bits per heavy atom. The summed E-state index contributed by atoms with van der Waals surface area (Å²) in [7, 11) is -4.04. The predicted octanol–water partition coefficient (Wildman–Crippen LogP) is 3.92. The number of hydrogen-bond acceptors (Lipinski definition) is 5. The van der Waals surface area contributed by atoms with Crippen molar-refractivity contribution in [2.45, 2.75) is 15.7 Å². The number of rotatable bonds is 6. The van der Waals surface area contributed by atoms with E-state index in [4.69, 9.17) is 16.0 Å². The van der Waals surface area contributed by atoms with E-state index in [0.717, 1.165) is 0 Å². The Morgan fingerprint density at radius 3 is 2.75 bits per heavy atom. The number of para-hydroxylation sites is 1. The molecule has 0 amide bonds. The van der Waals surface area contributed by atoms with Crippen molar-refractivity contribution in [2.24, 2.45) is 0 Å². The molecular weight excluding hydrogens is 422 g/mol. The number of H-pyrrole nitrogens is 1. The number of sulfonamides is 1. The van der Waals surface area contributed by atoms with E-state index in [1.165, 1.54) is 18.2 Å². The molecule has 2 aromatic heterocycles. The van der Waals surface area contributed by atoms with Crippen LogP contribution in [0.5, 0.6) is 0 Å². The highest BCUT2D eigenvalue weighted by Gasteiger charge is 2.25. The molecule has 4 rings (SSSR count). The van der Waals surface area contributed by atoms with Gasteiger partial charge in [0.15, 0.2) is 10.6 Å². The molecule has 1 atom stereocenters. The van der Waals surface area contributed by atoms with Gasteiger partial charge in [-0.15, -0.1) is 0 Å². The molecule has 144 valence electrons. The van der Waals surface area contributed by atoms with Gasteiger partial charge in [-0.2, -0.15) is 13.5 Å². The van der Waals surface area contributed by atoms with Crippen LogP contribution in [0.2, 0.25) is 5.02 Å². The molecule has 0 saturated heterocycles. The molecular formula is C18H14ClN3O4S2. The Morgan fingerprint density at radius 2 is 2.00 bits per heavy atom. The number of halogens is 1.